The van der Waals surface area contributed by atoms with Crippen LogP contribution in [0.5, 0.6) is 0 Å². The molecule has 0 aromatic carbocycles. The predicted molar refractivity (Wildman–Crippen MR) is 164 cm³/mol. The second kappa shape index (κ2) is 20.6. The minimum atomic E-state index is -1.77. The Kier molecular flexibility index (Phi) is 20.4. The van der Waals surface area contributed by atoms with Crippen LogP contribution in [0.2, 0.25) is 34.3 Å². The van der Waals surface area contributed by atoms with Gasteiger partial charge in [-0.15, -0.1) is 0 Å². The van der Waals surface area contributed by atoms with Crippen molar-refractivity contribution in [2.24, 2.45) is 5.11 Å². The number of nitrogens with zero attached hydrogens (tertiary/aromatic N) is 3. The van der Waals surface area contributed by atoms with Gasteiger partial charge in [0.1, 0.15) is 0 Å². The molecule has 0 fully saturated rings. The zero-order chi connectivity index (χ0) is 27.5. The molecule has 0 aliphatic heterocycles. The van der Waals surface area contributed by atoms with Crippen LogP contribution in [-0.4, -0.2) is 36.4 Å². The Hall–Kier alpha value is -0.336. The highest BCUT2D eigenvalue weighted by molar-refractivity contribution is 6.76. The van der Waals surface area contributed by atoms with E-state index in [4.69, 9.17) is 14.4 Å². The van der Waals surface area contributed by atoms with Crippen LogP contribution >= 0.6 is 0 Å². The van der Waals surface area contributed by atoms with Gasteiger partial charge in [-0.25, -0.2) is 0 Å². The first kappa shape index (κ1) is 35.7. The second-order valence-electron chi connectivity index (χ2n) is 12.2. The van der Waals surface area contributed by atoms with Crippen molar-refractivity contribution in [1.29, 1.82) is 0 Å². The topological polar surface area (TPSA) is 67.2 Å². The van der Waals surface area contributed by atoms with Crippen LogP contribution in [0.4, 0.5) is 0 Å². The first-order chi connectivity index (χ1) is 17.1. The lowest BCUT2D eigenvalue weighted by Gasteiger charge is -2.39. The molecule has 0 aliphatic rings. The fraction of sp³-hybridized carbons (Fsp3) is 1.00. The molecule has 0 radical (unpaired) electrons. The van der Waals surface area contributed by atoms with Crippen LogP contribution in [0.3, 0.4) is 0 Å². The molecule has 7 heteroatoms. The van der Waals surface area contributed by atoms with Crippen molar-refractivity contribution in [3.05, 3.63) is 10.4 Å². The van der Waals surface area contributed by atoms with Crippen molar-refractivity contribution in [3.63, 3.8) is 0 Å². The van der Waals surface area contributed by atoms with Gasteiger partial charge in [-0.2, -0.15) is 0 Å². The normalized spacial score (nSPS) is 12.8. The lowest BCUT2D eigenvalue weighted by molar-refractivity contribution is 0.273. The maximum atomic E-state index is 8.41. The number of hydrogen-bond donors (Lipinski definition) is 0. The summed E-state index contributed by atoms with van der Waals surface area (Å²) in [4.78, 5) is 2.84. The minimum absolute atomic E-state index is 0.608. The summed E-state index contributed by atoms with van der Waals surface area (Å²) in [6, 6.07) is 2.62. The molecular formula is C29H63N3O2Si2. The molecule has 0 unspecified atom stereocenters. The van der Waals surface area contributed by atoms with E-state index in [1.807, 2.05) is 0 Å². The van der Waals surface area contributed by atoms with Crippen LogP contribution in [0.25, 0.3) is 10.4 Å². The molecule has 0 amide bonds. The van der Waals surface area contributed by atoms with Gasteiger partial charge in [0.2, 0.25) is 0 Å². The van der Waals surface area contributed by atoms with Crippen LogP contribution in [0.15, 0.2) is 5.11 Å². The highest BCUT2D eigenvalue weighted by Gasteiger charge is 2.42. The summed E-state index contributed by atoms with van der Waals surface area (Å²) in [5.41, 5.74) is 11.1. The highest BCUT2D eigenvalue weighted by Crippen LogP contribution is 2.40. The third-order valence-electron chi connectivity index (χ3n) is 8.50. The lowest BCUT2D eigenvalue weighted by Crippen LogP contribution is -2.45. The molecule has 36 heavy (non-hydrogen) atoms. The third kappa shape index (κ3) is 13.0. The van der Waals surface area contributed by atoms with E-state index in [-0.39, 0.29) is 0 Å². The van der Waals surface area contributed by atoms with Crippen molar-refractivity contribution in [2.45, 2.75) is 167 Å². The van der Waals surface area contributed by atoms with Crippen molar-refractivity contribution < 1.29 is 8.85 Å². The van der Waals surface area contributed by atoms with Crippen molar-refractivity contribution >= 4 is 16.6 Å². The number of azide groups is 1. The first-order valence-corrected chi connectivity index (χ1v) is 19.9. The van der Waals surface area contributed by atoms with Crippen LogP contribution in [0.1, 0.15) is 133 Å². The largest absolute Gasteiger partial charge is 0.416 e. The standard InChI is InChI=1S/C29H63N3O2Si2/c1-10-11-17-22-33-35(26(2)3,27(4)5)24-19-13-12-14-20-25-36(28(6)7,29(8)9)34-23-18-15-16-21-31-32-30/h26-29H,10-25H2,1-9H3. The van der Waals surface area contributed by atoms with Gasteiger partial charge in [0.15, 0.2) is 16.6 Å². The Morgan fingerprint density at radius 3 is 1.36 bits per heavy atom. The molecule has 214 valence electrons. The summed E-state index contributed by atoms with van der Waals surface area (Å²) in [7, 11) is -3.47. The summed E-state index contributed by atoms with van der Waals surface area (Å²) in [6.07, 6.45) is 13.6. The molecule has 5 nitrogen and oxygen atoms in total. The van der Waals surface area contributed by atoms with Gasteiger partial charge in [0.25, 0.3) is 0 Å². The molecule has 0 N–H and O–H groups in total. The van der Waals surface area contributed by atoms with Gasteiger partial charge in [0, 0.05) is 24.7 Å². The number of unbranched alkanes of at least 4 members (excludes halogenated alkanes) is 8. The van der Waals surface area contributed by atoms with E-state index in [9.17, 15) is 0 Å². The van der Waals surface area contributed by atoms with E-state index in [1.165, 1.54) is 63.5 Å². The van der Waals surface area contributed by atoms with Gasteiger partial charge in [0.05, 0.1) is 0 Å². The smallest absolute Gasteiger partial charge is 0.197 e. The SMILES string of the molecule is CCCCCO[Si](CCCCCCC[Si](OCCCCCN=[N+]=[N-])(C(C)C)C(C)C)(C(C)C)C(C)C. The quantitative estimate of drug-likeness (QED) is 0.0401. The fourth-order valence-electron chi connectivity index (χ4n) is 6.01. The Morgan fingerprint density at radius 1 is 0.583 bits per heavy atom. The van der Waals surface area contributed by atoms with E-state index in [2.05, 4.69) is 72.3 Å². The van der Waals surface area contributed by atoms with Gasteiger partial charge in [-0.3, -0.25) is 0 Å². The first-order valence-electron chi connectivity index (χ1n) is 15.4. The van der Waals surface area contributed by atoms with Crippen molar-refractivity contribution in [1.82, 2.24) is 0 Å². The van der Waals surface area contributed by atoms with E-state index in [1.54, 1.807) is 0 Å². The van der Waals surface area contributed by atoms with E-state index in [0.717, 1.165) is 32.5 Å². The maximum absolute atomic E-state index is 8.41. The molecule has 0 rings (SSSR count). The molecule has 0 spiro atoms. The molecular weight excluding hydrogens is 479 g/mol. The highest BCUT2D eigenvalue weighted by atomic mass is 28.4. The monoisotopic (exact) mass is 541 g/mol. The van der Waals surface area contributed by atoms with Gasteiger partial charge >= 0.3 is 0 Å². The third-order valence-corrected chi connectivity index (χ3v) is 20.1. The van der Waals surface area contributed by atoms with Gasteiger partial charge < -0.3 is 8.85 Å². The Balaban J connectivity index is 4.59. The van der Waals surface area contributed by atoms with Crippen molar-refractivity contribution in [3.8, 4) is 0 Å². The van der Waals surface area contributed by atoms with Gasteiger partial charge in [-0.1, -0.05) is 119 Å². The maximum Gasteiger partial charge on any atom is 0.197 e. The molecule has 0 heterocycles. The zero-order valence-corrected chi connectivity index (χ0v) is 27.8. The zero-order valence-electron chi connectivity index (χ0n) is 25.8. The van der Waals surface area contributed by atoms with E-state index >= 15 is 0 Å². The second-order valence-corrected chi connectivity index (χ2v) is 22.2. The average molecular weight is 542 g/mol. The molecule has 0 aliphatic carbocycles. The van der Waals surface area contributed by atoms with Crippen molar-refractivity contribution in [2.75, 3.05) is 19.8 Å². The summed E-state index contributed by atoms with van der Waals surface area (Å²) in [5.74, 6) is 0. The van der Waals surface area contributed by atoms with Gasteiger partial charge in [-0.05, 0) is 59.0 Å². The predicted octanol–water partition coefficient (Wildman–Crippen LogP) is 11.2. The molecule has 0 atom stereocenters. The average Bonchev–Trinajstić information content (AvgIpc) is 2.82. The van der Waals surface area contributed by atoms with Crippen LogP contribution < -0.4 is 0 Å². The lowest BCUT2D eigenvalue weighted by atomic mass is 10.2. The Morgan fingerprint density at radius 2 is 0.972 bits per heavy atom. The molecule has 0 aromatic rings. The summed E-state index contributed by atoms with van der Waals surface area (Å²) in [6.45, 7) is 23.9. The fourth-order valence-corrected chi connectivity index (χ4v) is 15.3. The Bertz CT molecular complexity index is 563. The minimum Gasteiger partial charge on any atom is -0.416 e. The Labute approximate surface area is 227 Å². The van der Waals surface area contributed by atoms with E-state index in [0.29, 0.717) is 28.7 Å². The molecule has 0 saturated heterocycles. The molecule has 0 bridgehead atoms. The van der Waals surface area contributed by atoms with E-state index < -0.39 is 16.6 Å². The number of rotatable bonds is 24. The summed E-state index contributed by atoms with van der Waals surface area (Å²) < 4.78 is 13.5. The molecule has 0 aromatic heterocycles. The molecule has 0 saturated carbocycles. The number of hydrogen-bond acceptors (Lipinski definition) is 3. The summed E-state index contributed by atoms with van der Waals surface area (Å²) in [5, 5.41) is 3.64. The van der Waals surface area contributed by atoms with Crippen LogP contribution in [-0.2, 0) is 8.85 Å². The summed E-state index contributed by atoms with van der Waals surface area (Å²) >= 11 is 0. The van der Waals surface area contributed by atoms with Crippen LogP contribution in [0, 0.1) is 0 Å².